The molecule has 7 nitrogen and oxygen atoms in total. The van der Waals surface area contributed by atoms with Crippen molar-refractivity contribution in [2.24, 2.45) is 4.99 Å². The first-order valence-electron chi connectivity index (χ1n) is 8.48. The zero-order valence-corrected chi connectivity index (χ0v) is 17.3. The van der Waals surface area contributed by atoms with Crippen LogP contribution >= 0.6 is 35.0 Å². The van der Waals surface area contributed by atoms with Crippen molar-refractivity contribution in [1.82, 2.24) is 5.32 Å². The zero-order chi connectivity index (χ0) is 21.3. The van der Waals surface area contributed by atoms with Crippen LogP contribution in [0.1, 0.15) is 5.76 Å². The Morgan fingerprint density at radius 2 is 1.93 bits per heavy atom. The molecule has 2 aromatic carbocycles. The smallest absolute Gasteiger partial charge is 0.270 e. The molecule has 0 aliphatic carbocycles. The molecular weight excluding hydrogens is 449 g/mol. The van der Waals surface area contributed by atoms with Gasteiger partial charge in [0, 0.05) is 23.8 Å². The van der Waals surface area contributed by atoms with Gasteiger partial charge in [0.25, 0.3) is 11.6 Å². The van der Waals surface area contributed by atoms with Crippen molar-refractivity contribution in [2.45, 2.75) is 0 Å². The summed E-state index contributed by atoms with van der Waals surface area (Å²) in [5, 5.41) is 14.8. The van der Waals surface area contributed by atoms with Gasteiger partial charge in [0.05, 0.1) is 25.6 Å². The third-order valence-electron chi connectivity index (χ3n) is 4.03. The van der Waals surface area contributed by atoms with Crippen LogP contribution in [-0.4, -0.2) is 16.0 Å². The van der Waals surface area contributed by atoms with Crippen LogP contribution in [0.25, 0.3) is 17.4 Å². The summed E-state index contributed by atoms with van der Waals surface area (Å²) in [5.41, 5.74) is 1.09. The second kappa shape index (κ2) is 8.35. The fraction of sp³-hybridized carbons (Fsp3) is 0. The molecule has 1 aliphatic rings. The Kier molecular flexibility index (Phi) is 5.63. The second-order valence-electron chi connectivity index (χ2n) is 6.09. The summed E-state index contributed by atoms with van der Waals surface area (Å²) in [6.45, 7) is 0. The van der Waals surface area contributed by atoms with Gasteiger partial charge >= 0.3 is 0 Å². The molecular formula is C20H11Cl2N3O4S. The van der Waals surface area contributed by atoms with E-state index < -0.39 is 4.92 Å². The molecule has 30 heavy (non-hydrogen) atoms. The van der Waals surface area contributed by atoms with E-state index in [9.17, 15) is 14.9 Å². The van der Waals surface area contributed by atoms with E-state index in [1.165, 1.54) is 12.1 Å². The second-order valence-corrected chi connectivity index (χ2v) is 7.93. The molecule has 1 aliphatic heterocycles. The number of nitro benzene ring substituents is 1. The van der Waals surface area contributed by atoms with Gasteiger partial charge in [0.15, 0.2) is 5.17 Å². The summed E-state index contributed by atoms with van der Waals surface area (Å²) in [6.07, 6.45) is 1.58. The van der Waals surface area contributed by atoms with Crippen LogP contribution in [0.4, 0.5) is 11.4 Å². The summed E-state index contributed by atoms with van der Waals surface area (Å²) < 4.78 is 5.73. The van der Waals surface area contributed by atoms with Crippen LogP contribution in [0.2, 0.25) is 10.0 Å². The lowest BCUT2D eigenvalue weighted by atomic mass is 10.1. The van der Waals surface area contributed by atoms with Gasteiger partial charge < -0.3 is 9.73 Å². The van der Waals surface area contributed by atoms with Crippen LogP contribution < -0.4 is 5.32 Å². The van der Waals surface area contributed by atoms with E-state index >= 15 is 0 Å². The van der Waals surface area contributed by atoms with Gasteiger partial charge in [0.1, 0.15) is 11.5 Å². The predicted molar refractivity (Wildman–Crippen MR) is 118 cm³/mol. The Labute approximate surface area is 184 Å². The Hall–Kier alpha value is -3.07. The van der Waals surface area contributed by atoms with E-state index in [1.807, 2.05) is 0 Å². The maximum Gasteiger partial charge on any atom is 0.270 e. The minimum Gasteiger partial charge on any atom is -0.457 e. The fourth-order valence-electron chi connectivity index (χ4n) is 2.64. The Morgan fingerprint density at radius 3 is 2.70 bits per heavy atom. The van der Waals surface area contributed by atoms with Gasteiger partial charge in [-0.1, -0.05) is 35.3 Å². The van der Waals surface area contributed by atoms with Crippen molar-refractivity contribution in [3.8, 4) is 11.3 Å². The number of nitrogens with zero attached hydrogens (tertiary/aromatic N) is 2. The average molecular weight is 460 g/mol. The molecule has 0 spiro atoms. The van der Waals surface area contributed by atoms with Gasteiger partial charge in [-0.2, -0.15) is 0 Å². The van der Waals surface area contributed by atoms with Gasteiger partial charge in [-0.15, -0.1) is 0 Å². The van der Waals surface area contributed by atoms with E-state index in [-0.39, 0.29) is 11.6 Å². The topological polar surface area (TPSA) is 97.7 Å². The van der Waals surface area contributed by atoms with Crippen molar-refractivity contribution in [1.29, 1.82) is 0 Å². The van der Waals surface area contributed by atoms with E-state index in [1.54, 1.807) is 48.5 Å². The maximum absolute atomic E-state index is 12.3. The molecule has 1 N–H and O–H groups in total. The number of furan rings is 1. The first kappa shape index (κ1) is 20.2. The number of nitro groups is 1. The molecule has 1 aromatic heterocycles. The van der Waals surface area contributed by atoms with Crippen LogP contribution in [0.5, 0.6) is 0 Å². The summed E-state index contributed by atoms with van der Waals surface area (Å²) >= 11 is 13.0. The number of benzene rings is 2. The van der Waals surface area contributed by atoms with Crippen molar-refractivity contribution in [2.75, 3.05) is 0 Å². The number of hydrogen-bond donors (Lipinski definition) is 1. The first-order valence-corrected chi connectivity index (χ1v) is 10.1. The molecule has 1 saturated heterocycles. The molecule has 1 amide bonds. The minimum atomic E-state index is -0.469. The Bertz CT molecular complexity index is 1240. The Morgan fingerprint density at radius 1 is 1.10 bits per heavy atom. The van der Waals surface area contributed by atoms with Gasteiger partial charge in [-0.3, -0.25) is 14.9 Å². The molecule has 1 fully saturated rings. The highest BCUT2D eigenvalue weighted by molar-refractivity contribution is 8.18. The minimum absolute atomic E-state index is 0.0299. The predicted octanol–water partition coefficient (Wildman–Crippen LogP) is 6.05. The van der Waals surface area contributed by atoms with Crippen molar-refractivity contribution >= 4 is 63.5 Å². The van der Waals surface area contributed by atoms with Crippen molar-refractivity contribution < 1.29 is 14.1 Å². The molecule has 0 bridgehead atoms. The molecule has 10 heteroatoms. The van der Waals surface area contributed by atoms with Crippen molar-refractivity contribution in [3.63, 3.8) is 0 Å². The number of carbonyl (C=O) groups is 1. The monoisotopic (exact) mass is 459 g/mol. The molecule has 3 aromatic rings. The number of rotatable bonds is 4. The normalized spacial score (nSPS) is 16.3. The lowest BCUT2D eigenvalue weighted by molar-refractivity contribution is -0.384. The van der Waals surface area contributed by atoms with Gasteiger partial charge in [-0.25, -0.2) is 4.99 Å². The highest BCUT2D eigenvalue weighted by atomic mass is 35.5. The summed E-state index contributed by atoms with van der Waals surface area (Å²) in [5.74, 6) is 0.579. The molecule has 0 radical (unpaired) electrons. The SMILES string of the molecule is O=C1NC(=Nc2ccc(Cl)c(Cl)c2)SC1=Cc1ccc(-c2cccc([N+](=O)[O-])c2)o1. The standard InChI is InChI=1S/C20H11Cl2N3O4S/c21-15-6-4-12(9-16(15)22)23-20-24-19(26)18(30-20)10-14-5-7-17(29-14)11-2-1-3-13(8-11)25(27)28/h1-10H,(H,23,24,26). The molecule has 0 unspecified atom stereocenters. The first-order chi connectivity index (χ1) is 14.4. The van der Waals surface area contributed by atoms with Crippen molar-refractivity contribution in [3.05, 3.63) is 85.4 Å². The summed E-state index contributed by atoms with van der Waals surface area (Å²) in [4.78, 5) is 27.5. The molecule has 2 heterocycles. The lowest BCUT2D eigenvalue weighted by Crippen LogP contribution is -2.19. The van der Waals surface area contributed by atoms with Crippen LogP contribution in [-0.2, 0) is 4.79 Å². The fourth-order valence-corrected chi connectivity index (χ4v) is 3.75. The highest BCUT2D eigenvalue weighted by Crippen LogP contribution is 2.32. The van der Waals surface area contributed by atoms with Crippen LogP contribution in [0, 0.1) is 10.1 Å². The summed E-state index contributed by atoms with van der Waals surface area (Å²) in [7, 11) is 0. The number of hydrogen-bond acceptors (Lipinski definition) is 6. The van der Waals surface area contributed by atoms with E-state index in [0.29, 0.717) is 42.9 Å². The van der Waals surface area contributed by atoms with Crippen LogP contribution in [0.15, 0.2) is 68.9 Å². The largest absolute Gasteiger partial charge is 0.457 e. The van der Waals surface area contributed by atoms with Gasteiger partial charge in [0.2, 0.25) is 0 Å². The number of amides is 1. The molecule has 0 atom stereocenters. The molecule has 150 valence electrons. The average Bonchev–Trinajstić information content (AvgIpc) is 3.32. The van der Waals surface area contributed by atoms with Crippen LogP contribution in [0.3, 0.4) is 0 Å². The third-order valence-corrected chi connectivity index (χ3v) is 5.68. The maximum atomic E-state index is 12.3. The third kappa shape index (κ3) is 4.40. The number of thioether (sulfide) groups is 1. The highest BCUT2D eigenvalue weighted by Gasteiger charge is 2.24. The number of carbonyl (C=O) groups excluding carboxylic acids is 1. The quantitative estimate of drug-likeness (QED) is 0.290. The van der Waals surface area contributed by atoms with E-state index in [0.717, 1.165) is 11.8 Å². The number of halogens is 2. The van der Waals surface area contributed by atoms with E-state index in [4.69, 9.17) is 27.6 Å². The zero-order valence-electron chi connectivity index (χ0n) is 15.0. The summed E-state index contributed by atoms with van der Waals surface area (Å²) in [6, 6.07) is 14.4. The number of non-ortho nitro benzene ring substituents is 1. The molecule has 4 rings (SSSR count). The number of amidine groups is 1. The molecule has 0 saturated carbocycles. The lowest BCUT2D eigenvalue weighted by Gasteiger charge is -1.98. The Balaban J connectivity index is 1.55. The van der Waals surface area contributed by atoms with E-state index in [2.05, 4.69) is 10.3 Å². The number of nitrogens with one attached hydrogen (secondary N) is 1. The number of aliphatic imine (C=N–C) groups is 1. The van der Waals surface area contributed by atoms with Gasteiger partial charge in [-0.05, 0) is 42.1 Å².